The summed E-state index contributed by atoms with van der Waals surface area (Å²) in [4.78, 5) is 27.3. The molecule has 1 aromatic carbocycles. The number of amides is 2. The van der Waals surface area contributed by atoms with Crippen molar-refractivity contribution in [2.45, 2.75) is 52.9 Å². The predicted octanol–water partition coefficient (Wildman–Crippen LogP) is 3.65. The lowest BCUT2D eigenvalue weighted by molar-refractivity contribution is -0.121. The van der Waals surface area contributed by atoms with Crippen LogP contribution < -0.4 is 16.9 Å². The molecule has 30 heavy (non-hydrogen) atoms. The minimum atomic E-state index is -0.479. The van der Waals surface area contributed by atoms with Crippen LogP contribution in [0.2, 0.25) is 0 Å². The number of benzene rings is 1. The molecule has 1 rings (SSSR count). The summed E-state index contributed by atoms with van der Waals surface area (Å²) in [5, 5.41) is 6.68. The molecule has 0 atom stereocenters. The first-order chi connectivity index (χ1) is 14.2. The third-order valence-corrected chi connectivity index (χ3v) is 5.37. The van der Waals surface area contributed by atoms with Crippen LogP contribution in [-0.2, 0) is 4.79 Å². The van der Waals surface area contributed by atoms with Crippen molar-refractivity contribution in [3.05, 3.63) is 29.8 Å². The third-order valence-electron chi connectivity index (χ3n) is 4.30. The maximum Gasteiger partial charge on any atom is 0.248 e. The Morgan fingerprint density at radius 2 is 1.80 bits per heavy atom. The van der Waals surface area contributed by atoms with Gasteiger partial charge < -0.3 is 16.9 Å². The number of aliphatic imine (C=N–C) groups is 1. The van der Waals surface area contributed by atoms with E-state index < -0.39 is 5.91 Å². The Balaban J connectivity index is 2.20. The van der Waals surface area contributed by atoms with E-state index in [1.165, 1.54) is 12.8 Å². The van der Waals surface area contributed by atoms with Gasteiger partial charge in [-0.1, -0.05) is 20.8 Å². The summed E-state index contributed by atoms with van der Waals surface area (Å²) in [5.41, 5.74) is 7.30. The number of hydrazone groups is 1. The molecule has 0 aliphatic heterocycles. The van der Waals surface area contributed by atoms with Gasteiger partial charge in [-0.25, -0.2) is 0 Å². The highest BCUT2D eigenvalue weighted by Crippen LogP contribution is 2.21. The molecule has 0 aliphatic carbocycles. The first-order valence-corrected chi connectivity index (χ1v) is 11.4. The molecule has 0 aliphatic rings. The Hall–Kier alpha value is -2.35. The second kappa shape index (κ2) is 13.8. The average molecular weight is 434 g/mol. The quantitative estimate of drug-likeness (QED) is 0.190. The van der Waals surface area contributed by atoms with Crippen molar-refractivity contribution in [3.8, 4) is 0 Å². The normalized spacial score (nSPS) is 12.3. The van der Waals surface area contributed by atoms with Crippen molar-refractivity contribution < 1.29 is 9.59 Å². The Labute approximate surface area is 184 Å². The molecular formula is C22H35N5O2S. The number of nitrogens with zero attached hydrogens (tertiary/aromatic N) is 2. The molecule has 0 unspecified atom stereocenters. The largest absolute Gasteiger partial charge is 0.366 e. The van der Waals surface area contributed by atoms with E-state index in [-0.39, 0.29) is 5.91 Å². The zero-order valence-corrected chi connectivity index (χ0v) is 19.1. The van der Waals surface area contributed by atoms with E-state index in [1.54, 1.807) is 30.5 Å². The van der Waals surface area contributed by atoms with Crippen molar-refractivity contribution in [3.63, 3.8) is 0 Å². The van der Waals surface area contributed by atoms with Gasteiger partial charge in [-0.05, 0) is 61.1 Å². The van der Waals surface area contributed by atoms with E-state index in [2.05, 4.69) is 36.2 Å². The number of primary amides is 1. The highest BCUT2D eigenvalue weighted by molar-refractivity contribution is 7.99. The van der Waals surface area contributed by atoms with Gasteiger partial charge in [0.05, 0.1) is 17.6 Å². The van der Waals surface area contributed by atoms with Crippen LogP contribution in [0.5, 0.6) is 0 Å². The maximum absolute atomic E-state index is 11.9. The summed E-state index contributed by atoms with van der Waals surface area (Å²) >= 11 is 1.88. The number of thioether (sulfide) groups is 1. The van der Waals surface area contributed by atoms with Crippen molar-refractivity contribution in [2.24, 2.45) is 27.1 Å². The lowest BCUT2D eigenvalue weighted by Crippen LogP contribution is -2.25. The number of nitrogens with one attached hydrogen (secondary N) is 1. The molecule has 0 aromatic heterocycles. The Kier molecular flexibility index (Phi) is 11.8. The van der Waals surface area contributed by atoms with Gasteiger partial charge >= 0.3 is 0 Å². The van der Waals surface area contributed by atoms with E-state index in [0.717, 1.165) is 11.5 Å². The van der Waals surface area contributed by atoms with Crippen LogP contribution >= 0.6 is 11.8 Å². The number of carbonyl (C=O) groups is 2. The van der Waals surface area contributed by atoms with E-state index >= 15 is 0 Å². The monoisotopic (exact) mass is 433 g/mol. The summed E-state index contributed by atoms with van der Waals surface area (Å²) in [6, 6.07) is 6.61. The molecule has 2 amide bonds. The second-order valence-corrected chi connectivity index (χ2v) is 9.49. The van der Waals surface area contributed by atoms with E-state index in [9.17, 15) is 9.59 Å². The van der Waals surface area contributed by atoms with E-state index in [0.29, 0.717) is 48.2 Å². The average Bonchev–Trinajstić information content (AvgIpc) is 2.69. The molecule has 1 aromatic rings. The Bertz CT molecular complexity index is 724. The molecule has 0 spiro atoms. The predicted molar refractivity (Wildman–Crippen MR) is 128 cm³/mol. The van der Waals surface area contributed by atoms with Crippen LogP contribution in [0.1, 0.15) is 63.2 Å². The molecule has 5 N–H and O–H groups in total. The number of nitrogens with two attached hydrogens (primary N) is 2. The first kappa shape index (κ1) is 25.7. The third kappa shape index (κ3) is 12.3. The minimum absolute atomic E-state index is 0.0423. The molecule has 0 heterocycles. The Morgan fingerprint density at radius 3 is 2.40 bits per heavy atom. The number of carbonyl (C=O) groups excluding carboxylic acids is 2. The number of hydrogen-bond donors (Lipinski definition) is 3. The molecule has 7 nitrogen and oxygen atoms in total. The van der Waals surface area contributed by atoms with Crippen molar-refractivity contribution in [1.82, 2.24) is 5.32 Å². The van der Waals surface area contributed by atoms with Gasteiger partial charge in [0.15, 0.2) is 0 Å². The highest BCUT2D eigenvalue weighted by atomic mass is 32.2. The lowest BCUT2D eigenvalue weighted by Gasteiger charge is -2.17. The fourth-order valence-corrected chi connectivity index (χ4v) is 3.41. The molecule has 166 valence electrons. The summed E-state index contributed by atoms with van der Waals surface area (Å²) in [6.07, 6.45) is 5.64. The van der Waals surface area contributed by atoms with Crippen molar-refractivity contribution in [2.75, 3.05) is 18.1 Å². The topological polar surface area (TPSA) is 123 Å². The second-order valence-electron chi connectivity index (χ2n) is 8.27. The summed E-state index contributed by atoms with van der Waals surface area (Å²) in [6.45, 7) is 7.47. The molecule has 8 heteroatoms. The standard InChI is InChI=1S/C22H35N5O2S/c1-22(2,3)12-5-14-30-15-13-25-20(28)7-4-6-19(27-24)16-26-18-10-8-17(9-11-18)21(23)29/h8-11,16H,4-7,12-15,24H2,1-3H3,(H2,23,29)(H,25,28). The van der Waals surface area contributed by atoms with E-state index in [1.807, 2.05) is 11.8 Å². The van der Waals surface area contributed by atoms with E-state index in [4.69, 9.17) is 11.6 Å². The fourth-order valence-electron chi connectivity index (χ4n) is 2.61. The van der Waals surface area contributed by atoms with Gasteiger partial charge in [-0.2, -0.15) is 16.9 Å². The first-order valence-electron chi connectivity index (χ1n) is 10.3. The van der Waals surface area contributed by atoms with Crippen LogP contribution in [0.25, 0.3) is 0 Å². The molecule has 0 bridgehead atoms. The molecule has 0 saturated carbocycles. The van der Waals surface area contributed by atoms with Crippen LogP contribution in [0.15, 0.2) is 34.4 Å². The van der Waals surface area contributed by atoms with Gasteiger partial charge in [-0.15, -0.1) is 0 Å². The zero-order chi connectivity index (χ0) is 22.4. The molecule has 0 radical (unpaired) electrons. The van der Waals surface area contributed by atoms with Gasteiger partial charge in [0.1, 0.15) is 0 Å². The summed E-state index contributed by atoms with van der Waals surface area (Å²) in [7, 11) is 0. The number of hydrogen-bond acceptors (Lipinski definition) is 6. The molecule has 0 fully saturated rings. The zero-order valence-electron chi connectivity index (χ0n) is 18.3. The maximum atomic E-state index is 11.9. The van der Waals surface area contributed by atoms with Gasteiger partial charge in [0.25, 0.3) is 0 Å². The van der Waals surface area contributed by atoms with Crippen molar-refractivity contribution >= 4 is 41.2 Å². The van der Waals surface area contributed by atoms with Gasteiger partial charge in [0, 0.05) is 24.3 Å². The van der Waals surface area contributed by atoms with Crippen LogP contribution in [0.3, 0.4) is 0 Å². The molecular weight excluding hydrogens is 398 g/mol. The lowest BCUT2D eigenvalue weighted by atomic mass is 9.91. The minimum Gasteiger partial charge on any atom is -0.366 e. The Morgan fingerprint density at radius 1 is 1.10 bits per heavy atom. The fraction of sp³-hybridized carbons (Fsp3) is 0.545. The van der Waals surface area contributed by atoms with Crippen LogP contribution in [0.4, 0.5) is 5.69 Å². The summed E-state index contributed by atoms with van der Waals surface area (Å²) in [5.74, 6) is 7.05. The molecule has 0 saturated heterocycles. The summed E-state index contributed by atoms with van der Waals surface area (Å²) < 4.78 is 0. The van der Waals surface area contributed by atoms with Gasteiger partial charge in [-0.3, -0.25) is 14.6 Å². The number of rotatable bonds is 13. The van der Waals surface area contributed by atoms with Crippen LogP contribution in [0, 0.1) is 5.41 Å². The van der Waals surface area contributed by atoms with Crippen LogP contribution in [-0.4, -0.2) is 41.8 Å². The highest BCUT2D eigenvalue weighted by Gasteiger charge is 2.09. The SMILES string of the molecule is CC(C)(C)CCCSCCNC(=O)CCCC(C=Nc1ccc(C(N)=O)cc1)=NN. The van der Waals surface area contributed by atoms with Crippen molar-refractivity contribution in [1.29, 1.82) is 0 Å². The smallest absolute Gasteiger partial charge is 0.248 e. The van der Waals surface area contributed by atoms with Gasteiger partial charge in [0.2, 0.25) is 11.8 Å².